The Hall–Kier alpha value is -1.91. The Bertz CT molecular complexity index is 543. The van der Waals surface area contributed by atoms with Crippen LogP contribution >= 0.6 is 0 Å². The Kier molecular flexibility index (Phi) is 2.77. The molecule has 2 unspecified atom stereocenters. The number of urea groups is 1. The molecule has 2 saturated heterocycles. The number of pyridine rings is 1. The van der Waals surface area contributed by atoms with Crippen molar-refractivity contribution in [2.24, 2.45) is 5.92 Å². The molecular formula is C14H17N3O2. The fourth-order valence-electron chi connectivity index (χ4n) is 2.88. The van der Waals surface area contributed by atoms with Gasteiger partial charge in [0.25, 0.3) is 5.91 Å². The van der Waals surface area contributed by atoms with Crippen LogP contribution in [0.25, 0.3) is 0 Å². The molecular weight excluding hydrogens is 242 g/mol. The van der Waals surface area contributed by atoms with Crippen molar-refractivity contribution in [3.8, 4) is 0 Å². The molecule has 100 valence electrons. The maximum Gasteiger partial charge on any atom is 0.333 e. The van der Waals surface area contributed by atoms with Crippen LogP contribution in [0.15, 0.2) is 18.3 Å². The van der Waals surface area contributed by atoms with Crippen LogP contribution in [0.5, 0.6) is 0 Å². The van der Waals surface area contributed by atoms with Crippen molar-refractivity contribution in [2.45, 2.75) is 32.7 Å². The largest absolute Gasteiger partial charge is 0.333 e. The third-order valence-electron chi connectivity index (χ3n) is 4.00. The average Bonchev–Trinajstić information content (AvgIpc) is 2.63. The normalized spacial score (nSPS) is 26.8. The van der Waals surface area contributed by atoms with Crippen LogP contribution in [0.3, 0.4) is 0 Å². The van der Waals surface area contributed by atoms with Crippen molar-refractivity contribution in [3.63, 3.8) is 0 Å². The third-order valence-corrected chi connectivity index (χ3v) is 4.00. The highest BCUT2D eigenvalue weighted by Crippen LogP contribution is 2.32. The first kappa shape index (κ1) is 12.1. The van der Waals surface area contributed by atoms with Gasteiger partial charge in [0.15, 0.2) is 0 Å². The molecule has 3 rings (SSSR count). The number of nitrogens with zero attached hydrogens (tertiary/aromatic N) is 3. The standard InChI is InChI=1S/C14H17N3O2/c1-9-5-7-16-11(8-9)13(18)17(14(16)19)12-10(2)4-3-6-15-12/h3-4,6,9,11H,5,7-8H2,1-2H3. The van der Waals surface area contributed by atoms with Crippen molar-refractivity contribution >= 4 is 17.8 Å². The fourth-order valence-corrected chi connectivity index (χ4v) is 2.88. The van der Waals surface area contributed by atoms with E-state index in [-0.39, 0.29) is 18.0 Å². The highest BCUT2D eigenvalue weighted by atomic mass is 16.2. The lowest BCUT2D eigenvalue weighted by atomic mass is 9.93. The van der Waals surface area contributed by atoms with Gasteiger partial charge >= 0.3 is 6.03 Å². The minimum absolute atomic E-state index is 0.127. The van der Waals surface area contributed by atoms with Crippen LogP contribution in [0.1, 0.15) is 25.3 Å². The van der Waals surface area contributed by atoms with Gasteiger partial charge in [-0.3, -0.25) is 4.79 Å². The lowest BCUT2D eigenvalue weighted by Gasteiger charge is -2.30. The quantitative estimate of drug-likeness (QED) is 0.724. The molecule has 5 heteroatoms. The smallest absolute Gasteiger partial charge is 0.312 e. The van der Waals surface area contributed by atoms with E-state index in [0.717, 1.165) is 18.4 Å². The number of carbonyl (C=O) groups is 2. The molecule has 3 amide bonds. The Morgan fingerprint density at radius 2 is 2.16 bits per heavy atom. The summed E-state index contributed by atoms with van der Waals surface area (Å²) in [6.07, 6.45) is 3.33. The van der Waals surface area contributed by atoms with Crippen LogP contribution in [0.2, 0.25) is 0 Å². The zero-order valence-corrected chi connectivity index (χ0v) is 11.2. The molecule has 2 aliphatic rings. The summed E-state index contributed by atoms with van der Waals surface area (Å²) in [5, 5.41) is 0. The number of fused-ring (bicyclic) bond motifs is 1. The topological polar surface area (TPSA) is 53.5 Å². The number of amides is 3. The number of rotatable bonds is 1. The predicted octanol–water partition coefficient (Wildman–Crippen LogP) is 1.96. The molecule has 0 spiro atoms. The van der Waals surface area contributed by atoms with Crippen molar-refractivity contribution in [2.75, 3.05) is 11.4 Å². The number of imide groups is 1. The lowest BCUT2D eigenvalue weighted by Crippen LogP contribution is -2.41. The van der Waals surface area contributed by atoms with E-state index in [1.165, 1.54) is 4.90 Å². The number of hydrogen-bond acceptors (Lipinski definition) is 3. The van der Waals surface area contributed by atoms with Crippen molar-refractivity contribution in [3.05, 3.63) is 23.9 Å². The highest BCUT2D eigenvalue weighted by Gasteiger charge is 2.48. The number of anilines is 1. The van der Waals surface area contributed by atoms with Gasteiger partial charge in [0.05, 0.1) is 0 Å². The summed E-state index contributed by atoms with van der Waals surface area (Å²) < 4.78 is 0. The number of aryl methyl sites for hydroxylation is 1. The first-order valence-electron chi connectivity index (χ1n) is 6.66. The molecule has 3 heterocycles. The summed E-state index contributed by atoms with van der Waals surface area (Å²) in [5.41, 5.74) is 0.845. The number of piperidine rings is 1. The summed E-state index contributed by atoms with van der Waals surface area (Å²) in [6.45, 7) is 4.66. The molecule has 5 nitrogen and oxygen atoms in total. The molecule has 2 fully saturated rings. The third kappa shape index (κ3) is 1.80. The van der Waals surface area contributed by atoms with Crippen LogP contribution in [-0.4, -0.2) is 34.4 Å². The van der Waals surface area contributed by atoms with E-state index < -0.39 is 0 Å². The van der Waals surface area contributed by atoms with Gasteiger partial charge < -0.3 is 4.90 Å². The highest BCUT2D eigenvalue weighted by molar-refractivity contribution is 6.21. The molecule has 0 saturated carbocycles. The molecule has 0 bridgehead atoms. The second-order valence-electron chi connectivity index (χ2n) is 5.44. The maximum absolute atomic E-state index is 12.5. The van der Waals surface area contributed by atoms with Gasteiger partial charge in [-0.25, -0.2) is 14.7 Å². The summed E-state index contributed by atoms with van der Waals surface area (Å²) in [7, 11) is 0. The monoisotopic (exact) mass is 259 g/mol. The minimum Gasteiger partial charge on any atom is -0.312 e. The average molecular weight is 259 g/mol. The molecule has 19 heavy (non-hydrogen) atoms. The number of aromatic nitrogens is 1. The second-order valence-corrected chi connectivity index (χ2v) is 5.44. The SMILES string of the molecule is Cc1cccnc1N1C(=O)C2CC(C)CCN2C1=O. The van der Waals surface area contributed by atoms with E-state index in [1.54, 1.807) is 17.2 Å². The molecule has 2 atom stereocenters. The van der Waals surface area contributed by atoms with Crippen LogP contribution in [0.4, 0.5) is 10.6 Å². The maximum atomic E-state index is 12.5. The second kappa shape index (κ2) is 4.33. The molecule has 0 radical (unpaired) electrons. The van der Waals surface area contributed by atoms with Crippen LogP contribution in [-0.2, 0) is 4.79 Å². The fraction of sp³-hybridized carbons (Fsp3) is 0.500. The van der Waals surface area contributed by atoms with Gasteiger partial charge in [-0.2, -0.15) is 0 Å². The summed E-state index contributed by atoms with van der Waals surface area (Å²) >= 11 is 0. The van der Waals surface area contributed by atoms with Gasteiger partial charge in [-0.15, -0.1) is 0 Å². The van der Waals surface area contributed by atoms with Gasteiger partial charge in [0.1, 0.15) is 11.9 Å². The Morgan fingerprint density at radius 3 is 2.89 bits per heavy atom. The van der Waals surface area contributed by atoms with Gasteiger partial charge in [-0.1, -0.05) is 13.0 Å². The van der Waals surface area contributed by atoms with Crippen molar-refractivity contribution in [1.29, 1.82) is 0 Å². The van der Waals surface area contributed by atoms with E-state index in [1.807, 2.05) is 13.0 Å². The van der Waals surface area contributed by atoms with Gasteiger partial charge in [0, 0.05) is 12.7 Å². The zero-order valence-electron chi connectivity index (χ0n) is 11.2. The molecule has 1 aromatic rings. The summed E-state index contributed by atoms with van der Waals surface area (Å²) in [4.78, 5) is 32.0. The summed E-state index contributed by atoms with van der Waals surface area (Å²) in [5.74, 6) is 0.834. The molecule has 2 aliphatic heterocycles. The Labute approximate surface area is 112 Å². The Balaban J connectivity index is 1.98. The van der Waals surface area contributed by atoms with E-state index in [0.29, 0.717) is 18.3 Å². The first-order valence-corrected chi connectivity index (χ1v) is 6.66. The predicted molar refractivity (Wildman–Crippen MR) is 70.7 cm³/mol. The van der Waals surface area contributed by atoms with E-state index >= 15 is 0 Å². The number of hydrogen-bond donors (Lipinski definition) is 0. The summed E-state index contributed by atoms with van der Waals surface area (Å²) in [6, 6.07) is 3.16. The van der Waals surface area contributed by atoms with Crippen LogP contribution in [0, 0.1) is 12.8 Å². The van der Waals surface area contributed by atoms with Crippen LogP contribution < -0.4 is 4.90 Å². The van der Waals surface area contributed by atoms with Crippen molar-refractivity contribution < 1.29 is 9.59 Å². The van der Waals surface area contributed by atoms with Gasteiger partial charge in [0.2, 0.25) is 0 Å². The lowest BCUT2D eigenvalue weighted by molar-refractivity contribution is -0.120. The molecule has 1 aromatic heterocycles. The first-order chi connectivity index (χ1) is 9.09. The van der Waals surface area contributed by atoms with Crippen molar-refractivity contribution in [1.82, 2.24) is 9.88 Å². The molecule has 0 aliphatic carbocycles. The van der Waals surface area contributed by atoms with E-state index in [2.05, 4.69) is 11.9 Å². The zero-order chi connectivity index (χ0) is 13.6. The minimum atomic E-state index is -0.294. The molecule has 0 aromatic carbocycles. The van der Waals surface area contributed by atoms with E-state index in [9.17, 15) is 9.59 Å². The Morgan fingerprint density at radius 1 is 1.37 bits per heavy atom. The molecule has 0 N–H and O–H groups in total. The van der Waals surface area contributed by atoms with E-state index in [4.69, 9.17) is 0 Å². The van der Waals surface area contributed by atoms with Gasteiger partial charge in [-0.05, 0) is 37.3 Å². The number of carbonyl (C=O) groups excluding carboxylic acids is 2.